The van der Waals surface area contributed by atoms with Crippen molar-refractivity contribution in [2.75, 3.05) is 29.0 Å². The van der Waals surface area contributed by atoms with Crippen molar-refractivity contribution in [2.24, 2.45) is 5.73 Å². The van der Waals surface area contributed by atoms with E-state index in [0.29, 0.717) is 16.8 Å². The Morgan fingerprint density at radius 1 is 1.44 bits per heavy atom. The standard InChI is InChI=1S/C16H19BrN6O2/c17-13-7-20-15(19)14(22-13)16(25)21-11-6-10(24)3-4-12(11)23-5-1-2-9(18)8-23/h3-4,6-7,9,24H,1-2,5,8,18H2,(H2,19,20)(H,21,25). The molecule has 0 bridgehead atoms. The number of benzene rings is 1. The van der Waals surface area contributed by atoms with Crippen molar-refractivity contribution >= 4 is 39.0 Å². The van der Waals surface area contributed by atoms with Crippen LogP contribution in [0.3, 0.4) is 0 Å². The molecule has 1 aliphatic heterocycles. The van der Waals surface area contributed by atoms with Crippen molar-refractivity contribution in [1.82, 2.24) is 9.97 Å². The predicted octanol–water partition coefficient (Wildman–Crippen LogP) is 1.71. The van der Waals surface area contributed by atoms with E-state index in [1.165, 1.54) is 12.3 Å². The van der Waals surface area contributed by atoms with Gasteiger partial charge in [0.15, 0.2) is 11.5 Å². The third-order valence-electron chi connectivity index (χ3n) is 4.01. The average Bonchev–Trinajstić information content (AvgIpc) is 2.57. The minimum absolute atomic E-state index is 0.0130. The summed E-state index contributed by atoms with van der Waals surface area (Å²) in [6.45, 7) is 1.52. The highest BCUT2D eigenvalue weighted by Gasteiger charge is 2.22. The molecule has 6 N–H and O–H groups in total. The number of aromatic hydroxyl groups is 1. The number of rotatable bonds is 3. The summed E-state index contributed by atoms with van der Waals surface area (Å²) < 4.78 is 0.407. The Morgan fingerprint density at radius 3 is 3.00 bits per heavy atom. The number of hydrogen-bond donors (Lipinski definition) is 4. The van der Waals surface area contributed by atoms with Gasteiger partial charge in [-0.15, -0.1) is 0 Å². The number of amides is 1. The molecule has 1 unspecified atom stereocenters. The molecule has 9 heteroatoms. The van der Waals surface area contributed by atoms with Gasteiger partial charge >= 0.3 is 0 Å². The van der Waals surface area contributed by atoms with Crippen LogP contribution in [0.15, 0.2) is 29.0 Å². The van der Waals surface area contributed by atoms with Gasteiger partial charge in [-0.25, -0.2) is 9.97 Å². The molecular formula is C16H19BrN6O2. The lowest BCUT2D eigenvalue weighted by Crippen LogP contribution is -2.43. The van der Waals surface area contributed by atoms with Gasteiger partial charge in [0, 0.05) is 25.2 Å². The van der Waals surface area contributed by atoms with Crippen molar-refractivity contribution in [3.8, 4) is 5.75 Å². The first-order valence-electron chi connectivity index (χ1n) is 7.87. The van der Waals surface area contributed by atoms with Crippen LogP contribution in [0.5, 0.6) is 5.75 Å². The zero-order valence-electron chi connectivity index (χ0n) is 13.4. The van der Waals surface area contributed by atoms with Gasteiger partial charge in [-0.3, -0.25) is 4.79 Å². The Kier molecular flexibility index (Phi) is 5.05. The molecule has 2 aromatic rings. The molecule has 1 saturated heterocycles. The molecule has 8 nitrogen and oxygen atoms in total. The first-order valence-corrected chi connectivity index (χ1v) is 8.66. The summed E-state index contributed by atoms with van der Waals surface area (Å²) in [6, 6.07) is 4.92. The summed E-state index contributed by atoms with van der Waals surface area (Å²) >= 11 is 3.17. The number of nitrogens with two attached hydrogens (primary N) is 2. The summed E-state index contributed by atoms with van der Waals surface area (Å²) in [5.74, 6) is -0.421. The van der Waals surface area contributed by atoms with E-state index in [1.54, 1.807) is 12.1 Å². The van der Waals surface area contributed by atoms with E-state index in [2.05, 4.69) is 36.1 Å². The molecule has 0 aliphatic carbocycles. The molecule has 3 rings (SSSR count). The van der Waals surface area contributed by atoms with Crippen molar-refractivity contribution in [3.05, 3.63) is 34.7 Å². The largest absolute Gasteiger partial charge is 0.508 e. The SMILES string of the molecule is Nc1ncc(Br)nc1C(=O)Nc1cc(O)ccc1N1CCCC(N)C1. The molecule has 0 radical (unpaired) electrons. The minimum atomic E-state index is -0.501. The van der Waals surface area contributed by atoms with Crippen LogP contribution in [0.1, 0.15) is 23.3 Å². The van der Waals surface area contributed by atoms with Gasteiger partial charge in [0.25, 0.3) is 5.91 Å². The lowest BCUT2D eigenvalue weighted by atomic mass is 10.1. The third kappa shape index (κ3) is 3.99. The number of nitrogens with zero attached hydrogens (tertiary/aromatic N) is 3. The van der Waals surface area contributed by atoms with Crippen LogP contribution in [0.25, 0.3) is 0 Å². The molecule has 0 spiro atoms. The van der Waals surface area contributed by atoms with Crippen LogP contribution in [0.4, 0.5) is 17.2 Å². The van der Waals surface area contributed by atoms with Crippen LogP contribution in [0, 0.1) is 0 Å². The topological polar surface area (TPSA) is 130 Å². The number of nitrogen functional groups attached to an aromatic ring is 1. The molecule has 1 aliphatic rings. The number of aromatic nitrogens is 2. The summed E-state index contributed by atoms with van der Waals surface area (Å²) in [4.78, 5) is 22.6. The number of carbonyl (C=O) groups is 1. The molecule has 2 heterocycles. The van der Waals surface area contributed by atoms with Crippen LogP contribution in [-0.4, -0.2) is 40.1 Å². The van der Waals surface area contributed by atoms with Crippen molar-refractivity contribution in [3.63, 3.8) is 0 Å². The third-order valence-corrected chi connectivity index (χ3v) is 4.40. The number of halogens is 1. The van der Waals surface area contributed by atoms with E-state index in [-0.39, 0.29) is 23.3 Å². The zero-order chi connectivity index (χ0) is 18.0. The Balaban J connectivity index is 1.90. The van der Waals surface area contributed by atoms with E-state index in [9.17, 15) is 9.90 Å². The van der Waals surface area contributed by atoms with Crippen molar-refractivity contribution < 1.29 is 9.90 Å². The molecule has 1 aromatic carbocycles. The van der Waals surface area contributed by atoms with Gasteiger partial charge < -0.3 is 26.8 Å². The summed E-state index contributed by atoms with van der Waals surface area (Å²) in [5, 5.41) is 12.6. The fourth-order valence-electron chi connectivity index (χ4n) is 2.85. The van der Waals surface area contributed by atoms with Gasteiger partial charge in [0.2, 0.25) is 0 Å². The average molecular weight is 407 g/mol. The molecule has 25 heavy (non-hydrogen) atoms. The normalized spacial score (nSPS) is 17.4. The molecule has 1 atom stereocenters. The number of phenols is 1. The van der Waals surface area contributed by atoms with Gasteiger partial charge in [0.05, 0.1) is 17.6 Å². The first kappa shape index (κ1) is 17.4. The van der Waals surface area contributed by atoms with Crippen LogP contribution in [-0.2, 0) is 0 Å². The van der Waals surface area contributed by atoms with Crippen molar-refractivity contribution in [2.45, 2.75) is 18.9 Å². The number of anilines is 3. The zero-order valence-corrected chi connectivity index (χ0v) is 15.0. The second kappa shape index (κ2) is 7.24. The lowest BCUT2D eigenvalue weighted by Gasteiger charge is -2.34. The van der Waals surface area contributed by atoms with E-state index in [1.807, 2.05) is 0 Å². The number of phenolic OH excluding ortho intramolecular Hbond substituents is 1. The van der Waals surface area contributed by atoms with Crippen LogP contribution < -0.4 is 21.7 Å². The smallest absolute Gasteiger partial charge is 0.278 e. The second-order valence-corrected chi connectivity index (χ2v) is 6.74. The Labute approximate surface area is 153 Å². The minimum Gasteiger partial charge on any atom is -0.508 e. The molecule has 1 amide bonds. The first-order chi connectivity index (χ1) is 11.9. The maximum atomic E-state index is 12.6. The number of nitrogens with one attached hydrogen (secondary N) is 1. The summed E-state index contributed by atoms with van der Waals surface area (Å²) in [7, 11) is 0. The Bertz CT molecular complexity index is 800. The molecule has 0 saturated carbocycles. The lowest BCUT2D eigenvalue weighted by molar-refractivity contribution is 0.102. The number of piperidine rings is 1. The van der Waals surface area contributed by atoms with Gasteiger partial charge in [-0.2, -0.15) is 0 Å². The quantitative estimate of drug-likeness (QED) is 0.609. The molecular weight excluding hydrogens is 388 g/mol. The molecule has 1 fully saturated rings. The highest BCUT2D eigenvalue weighted by molar-refractivity contribution is 9.10. The Hall–Kier alpha value is -2.39. The molecule has 132 valence electrons. The summed E-state index contributed by atoms with van der Waals surface area (Å²) in [6.07, 6.45) is 3.36. The highest BCUT2D eigenvalue weighted by Crippen LogP contribution is 2.32. The van der Waals surface area contributed by atoms with E-state index >= 15 is 0 Å². The van der Waals surface area contributed by atoms with Crippen LogP contribution in [0.2, 0.25) is 0 Å². The second-order valence-electron chi connectivity index (χ2n) is 5.93. The number of carbonyl (C=O) groups excluding carboxylic acids is 1. The Morgan fingerprint density at radius 2 is 2.24 bits per heavy atom. The monoisotopic (exact) mass is 406 g/mol. The number of hydrogen-bond acceptors (Lipinski definition) is 7. The molecule has 1 aromatic heterocycles. The van der Waals surface area contributed by atoms with E-state index in [4.69, 9.17) is 11.5 Å². The van der Waals surface area contributed by atoms with Crippen LogP contribution >= 0.6 is 15.9 Å². The van der Waals surface area contributed by atoms with Crippen molar-refractivity contribution in [1.29, 1.82) is 0 Å². The van der Waals surface area contributed by atoms with E-state index < -0.39 is 5.91 Å². The predicted molar refractivity (Wildman–Crippen MR) is 99.6 cm³/mol. The van der Waals surface area contributed by atoms with Gasteiger partial charge in [-0.05, 0) is 40.9 Å². The maximum absolute atomic E-state index is 12.6. The van der Waals surface area contributed by atoms with Gasteiger partial charge in [-0.1, -0.05) is 0 Å². The fraction of sp³-hybridized carbons (Fsp3) is 0.312. The van der Waals surface area contributed by atoms with E-state index in [0.717, 1.165) is 25.1 Å². The maximum Gasteiger partial charge on any atom is 0.278 e. The fourth-order valence-corrected chi connectivity index (χ4v) is 3.13. The summed E-state index contributed by atoms with van der Waals surface area (Å²) in [5.41, 5.74) is 13.1. The van der Waals surface area contributed by atoms with Gasteiger partial charge in [0.1, 0.15) is 10.4 Å². The highest BCUT2D eigenvalue weighted by atomic mass is 79.9.